The Bertz CT molecular complexity index is 1220. The van der Waals surface area contributed by atoms with Gasteiger partial charge in [-0.05, 0) is 23.8 Å². The summed E-state index contributed by atoms with van der Waals surface area (Å²) in [6.45, 7) is 0. The van der Waals surface area contributed by atoms with E-state index >= 15 is 0 Å². The van der Waals surface area contributed by atoms with E-state index in [0.717, 1.165) is 24.7 Å². The summed E-state index contributed by atoms with van der Waals surface area (Å²) in [5.74, 6) is -8.38. The molecule has 0 aliphatic rings. The first kappa shape index (κ1) is 28.7. The summed E-state index contributed by atoms with van der Waals surface area (Å²) in [6.07, 6.45) is -4.91. The number of sulfone groups is 1. The van der Waals surface area contributed by atoms with E-state index in [1.165, 1.54) is 50.9 Å². The average molecular weight is 539 g/mol. The van der Waals surface area contributed by atoms with Gasteiger partial charge in [-0.3, -0.25) is 4.79 Å². The first-order valence-corrected chi connectivity index (χ1v) is 11.5. The normalized spacial score (nSPS) is 12.4. The van der Waals surface area contributed by atoms with E-state index in [1.807, 2.05) is 0 Å². The zero-order valence-electron chi connectivity index (χ0n) is 19.4. The number of hydrogen-bond donors (Lipinski definition) is 1. The topological polar surface area (TPSA) is 100 Å². The number of nitrogens with one attached hydrogen (secondary N) is 1. The van der Waals surface area contributed by atoms with Crippen LogP contribution < -0.4 is 24.3 Å². The van der Waals surface area contributed by atoms with E-state index in [9.17, 15) is 35.2 Å². The number of rotatable bonds is 10. The average Bonchev–Trinajstić information content (AvgIpc) is 2.81. The Hall–Kier alpha value is -3.55. The van der Waals surface area contributed by atoms with Gasteiger partial charge in [0.1, 0.15) is 23.0 Å². The molecule has 0 unspecified atom stereocenters. The molecular weight excluding hydrogens is 517 g/mol. The number of benzene rings is 2. The maximum atomic E-state index is 13.3. The second kappa shape index (κ2) is 11.0. The number of alkyl halides is 5. The summed E-state index contributed by atoms with van der Waals surface area (Å²) in [5, 5.41) is 2.29. The van der Waals surface area contributed by atoms with Crippen molar-refractivity contribution in [3.05, 3.63) is 46.9 Å². The molecule has 0 fully saturated rings. The van der Waals surface area contributed by atoms with Gasteiger partial charge in [0.15, 0.2) is 9.84 Å². The summed E-state index contributed by atoms with van der Waals surface area (Å²) in [7, 11) is 1.20. The largest absolute Gasteiger partial charge is 0.496 e. The lowest BCUT2D eigenvalue weighted by atomic mass is 10.1. The van der Waals surface area contributed by atoms with Gasteiger partial charge in [0.05, 0.1) is 45.4 Å². The van der Waals surface area contributed by atoms with E-state index in [1.54, 1.807) is 0 Å². The Labute approximate surface area is 203 Å². The van der Waals surface area contributed by atoms with Gasteiger partial charge in [0.25, 0.3) is 0 Å². The number of anilines is 1. The van der Waals surface area contributed by atoms with Crippen molar-refractivity contribution in [2.45, 2.75) is 17.9 Å². The molecule has 0 bridgehead atoms. The highest BCUT2D eigenvalue weighted by Crippen LogP contribution is 2.38. The van der Waals surface area contributed by atoms with Crippen LogP contribution in [-0.2, 0) is 20.4 Å². The number of hydrogen-bond acceptors (Lipinski definition) is 7. The van der Waals surface area contributed by atoms with Crippen molar-refractivity contribution in [2.24, 2.45) is 0 Å². The van der Waals surface area contributed by atoms with Gasteiger partial charge in [-0.2, -0.15) is 22.0 Å². The predicted octanol–water partition coefficient (Wildman–Crippen LogP) is 4.44. The van der Waals surface area contributed by atoms with Gasteiger partial charge in [-0.15, -0.1) is 0 Å². The minimum atomic E-state index is -6.13. The molecular formula is C22H22F5NO7S. The lowest BCUT2D eigenvalue weighted by molar-refractivity contribution is -0.267. The second-order valence-electron chi connectivity index (χ2n) is 7.12. The molecule has 14 heteroatoms. The lowest BCUT2D eigenvalue weighted by Crippen LogP contribution is -2.47. The molecule has 0 aromatic heterocycles. The highest BCUT2D eigenvalue weighted by Gasteiger charge is 2.63. The summed E-state index contributed by atoms with van der Waals surface area (Å²) in [6, 6.07) is 6.29. The molecule has 198 valence electrons. The van der Waals surface area contributed by atoms with Gasteiger partial charge in [0, 0.05) is 17.5 Å². The van der Waals surface area contributed by atoms with Crippen molar-refractivity contribution in [3.8, 4) is 23.0 Å². The quantitative estimate of drug-likeness (QED) is 0.446. The molecule has 2 rings (SSSR count). The molecule has 1 N–H and O–H groups in total. The molecule has 0 spiro atoms. The summed E-state index contributed by atoms with van der Waals surface area (Å²) >= 11 is 0. The fourth-order valence-corrected chi connectivity index (χ4v) is 4.00. The van der Waals surface area contributed by atoms with Crippen molar-refractivity contribution in [3.63, 3.8) is 0 Å². The molecule has 0 saturated carbocycles. The summed E-state index contributed by atoms with van der Waals surface area (Å²) in [4.78, 5) is 11.6. The number of halogens is 5. The van der Waals surface area contributed by atoms with E-state index in [2.05, 4.69) is 0 Å². The van der Waals surface area contributed by atoms with Crippen LogP contribution in [0.3, 0.4) is 0 Å². The number of carbonyl (C=O) groups is 1. The van der Waals surface area contributed by atoms with Crippen LogP contribution in [0, 0.1) is 0 Å². The Kier molecular flexibility index (Phi) is 8.78. The maximum absolute atomic E-state index is 13.3. The minimum Gasteiger partial charge on any atom is -0.496 e. The van der Waals surface area contributed by atoms with E-state index < -0.39 is 39.3 Å². The Balaban J connectivity index is 2.35. The fourth-order valence-electron chi connectivity index (χ4n) is 2.92. The molecule has 2 aromatic rings. The monoisotopic (exact) mass is 539 g/mol. The van der Waals surface area contributed by atoms with Gasteiger partial charge in [-0.25, -0.2) is 8.42 Å². The van der Waals surface area contributed by atoms with E-state index in [4.69, 9.17) is 18.9 Å². The van der Waals surface area contributed by atoms with Crippen molar-refractivity contribution in [1.82, 2.24) is 0 Å². The van der Waals surface area contributed by atoms with Crippen molar-refractivity contribution >= 4 is 27.5 Å². The highest BCUT2D eigenvalue weighted by atomic mass is 32.2. The minimum absolute atomic E-state index is 0.0280. The third-order valence-electron chi connectivity index (χ3n) is 4.72. The van der Waals surface area contributed by atoms with Gasteiger partial charge < -0.3 is 24.3 Å². The SMILES string of the molecule is COc1cc(OC)c(C=CS(=O)(=O)Cc2ccc(OC)c(NC(=O)C(F)(F)C(F)(F)F)c2)c(OC)c1. The Morgan fingerprint density at radius 2 is 1.44 bits per heavy atom. The summed E-state index contributed by atoms with van der Waals surface area (Å²) in [5.41, 5.74) is -0.317. The maximum Gasteiger partial charge on any atom is 0.463 e. The van der Waals surface area contributed by atoms with Crippen LogP contribution in [0.15, 0.2) is 35.7 Å². The molecule has 0 aliphatic heterocycles. The van der Waals surface area contributed by atoms with Gasteiger partial charge in [0.2, 0.25) is 0 Å². The van der Waals surface area contributed by atoms with Crippen LogP contribution in [0.5, 0.6) is 23.0 Å². The molecule has 0 radical (unpaired) electrons. The van der Waals surface area contributed by atoms with Crippen LogP contribution >= 0.6 is 0 Å². The highest BCUT2D eigenvalue weighted by molar-refractivity contribution is 7.93. The lowest BCUT2D eigenvalue weighted by Gasteiger charge is -2.19. The zero-order chi connectivity index (χ0) is 27.3. The van der Waals surface area contributed by atoms with Crippen molar-refractivity contribution in [1.29, 1.82) is 0 Å². The Morgan fingerprint density at radius 1 is 0.889 bits per heavy atom. The first-order valence-electron chi connectivity index (χ1n) is 9.82. The zero-order valence-corrected chi connectivity index (χ0v) is 20.2. The molecule has 0 aliphatic carbocycles. The van der Waals surface area contributed by atoms with Crippen LogP contribution in [0.2, 0.25) is 0 Å². The third-order valence-corrected chi connectivity index (χ3v) is 6.00. The molecule has 36 heavy (non-hydrogen) atoms. The third kappa shape index (κ3) is 6.56. The predicted molar refractivity (Wildman–Crippen MR) is 120 cm³/mol. The van der Waals surface area contributed by atoms with E-state index in [0.29, 0.717) is 5.75 Å². The molecule has 0 atom stereocenters. The van der Waals surface area contributed by atoms with Crippen molar-refractivity contribution < 1.29 is 54.1 Å². The summed E-state index contributed by atoms with van der Waals surface area (Å²) < 4.78 is 110. The fraction of sp³-hybridized carbons (Fsp3) is 0.318. The van der Waals surface area contributed by atoms with E-state index in [-0.39, 0.29) is 28.4 Å². The van der Waals surface area contributed by atoms with Gasteiger partial charge in [-0.1, -0.05) is 6.07 Å². The van der Waals surface area contributed by atoms with Gasteiger partial charge >= 0.3 is 18.0 Å². The van der Waals surface area contributed by atoms with Crippen molar-refractivity contribution in [2.75, 3.05) is 33.8 Å². The molecule has 1 amide bonds. The molecule has 8 nitrogen and oxygen atoms in total. The standard InChI is InChI=1S/C22H22F5NO7S/c1-32-14-10-18(34-3)15(19(11-14)35-4)7-8-36(30,31)12-13-5-6-17(33-2)16(9-13)28-20(29)21(23,24)22(25,26)27/h5-11H,12H2,1-4H3,(H,28,29). The first-order chi connectivity index (χ1) is 16.7. The number of carbonyl (C=O) groups excluding carboxylic acids is 1. The second-order valence-corrected chi connectivity index (χ2v) is 9.00. The molecule has 2 aromatic carbocycles. The van der Waals surface area contributed by atoms with Crippen LogP contribution in [0.4, 0.5) is 27.6 Å². The van der Waals surface area contributed by atoms with Crippen LogP contribution in [-0.4, -0.2) is 54.9 Å². The molecule has 0 heterocycles. The number of methoxy groups -OCH3 is 4. The van der Waals surface area contributed by atoms with Crippen LogP contribution in [0.1, 0.15) is 11.1 Å². The molecule has 0 saturated heterocycles. The number of ether oxygens (including phenoxy) is 4. The number of amides is 1. The van der Waals surface area contributed by atoms with Crippen LogP contribution in [0.25, 0.3) is 6.08 Å². The smallest absolute Gasteiger partial charge is 0.463 e. The Morgan fingerprint density at radius 3 is 1.92 bits per heavy atom.